The van der Waals surface area contributed by atoms with Gasteiger partial charge in [-0.2, -0.15) is 0 Å². The lowest BCUT2D eigenvalue weighted by Crippen LogP contribution is -1.82. The molecule has 0 aromatic heterocycles. The molecule has 0 aliphatic rings. The molecule has 0 aliphatic heterocycles. The van der Waals surface area contributed by atoms with Crippen LogP contribution in [-0.4, -0.2) is 25.9 Å². The largest absolute Gasteiger partial charge is 0.396 e. The number of aliphatic hydroxyl groups excluding tert-OH is 1. The van der Waals surface area contributed by atoms with E-state index in [1.807, 2.05) is 6.08 Å². The van der Waals surface area contributed by atoms with Gasteiger partial charge >= 0.3 is 0 Å². The van der Waals surface area contributed by atoms with Gasteiger partial charge in [0.15, 0.2) is 0 Å². The smallest absolute Gasteiger partial charge is 0.0431 e. The zero-order chi connectivity index (χ0) is 9.66. The number of allylic oxidation sites excluding steroid dienone is 1. The van der Waals surface area contributed by atoms with Crippen molar-refractivity contribution in [2.45, 2.75) is 32.1 Å². The lowest BCUT2D eigenvalue weighted by atomic mass is 10.1. The fourth-order valence-electron chi connectivity index (χ4n) is 0.754. The average molecular weight is 174 g/mol. The number of hydrogen-bond donors (Lipinski definition) is 1. The van der Waals surface area contributed by atoms with Crippen LogP contribution < -0.4 is 0 Å². The molecule has 2 heteroatoms. The van der Waals surface area contributed by atoms with E-state index in [1.165, 1.54) is 12.8 Å². The third-order valence-electron chi connectivity index (χ3n) is 1.32. The monoisotopic (exact) mass is 174 g/mol. The highest BCUT2D eigenvalue weighted by Gasteiger charge is 1.85. The Morgan fingerprint density at radius 2 is 1.67 bits per heavy atom. The van der Waals surface area contributed by atoms with Gasteiger partial charge in [-0.25, -0.2) is 0 Å². The van der Waals surface area contributed by atoms with Crippen LogP contribution in [0, 0.1) is 0 Å². The van der Waals surface area contributed by atoms with E-state index >= 15 is 0 Å². The van der Waals surface area contributed by atoms with Gasteiger partial charge in [-0.05, 0) is 19.3 Å². The van der Waals surface area contributed by atoms with Gasteiger partial charge in [0.2, 0.25) is 0 Å². The zero-order valence-corrected chi connectivity index (χ0v) is 8.38. The summed E-state index contributed by atoms with van der Waals surface area (Å²) >= 11 is 0. The third-order valence-corrected chi connectivity index (χ3v) is 1.32. The Morgan fingerprint density at radius 3 is 2.08 bits per heavy atom. The van der Waals surface area contributed by atoms with E-state index < -0.39 is 0 Å². The van der Waals surface area contributed by atoms with E-state index in [9.17, 15) is 0 Å². The van der Waals surface area contributed by atoms with Crippen LogP contribution in [0.3, 0.4) is 0 Å². The molecule has 0 aromatic carbocycles. The molecule has 0 aromatic rings. The van der Waals surface area contributed by atoms with Crippen molar-refractivity contribution in [2.24, 2.45) is 0 Å². The molecular weight excluding hydrogens is 152 g/mol. The number of ether oxygens (including phenoxy) is 1. The Hall–Kier alpha value is -0.340. The summed E-state index contributed by atoms with van der Waals surface area (Å²) in [5, 5.41) is 8.40. The van der Waals surface area contributed by atoms with Crippen LogP contribution in [-0.2, 0) is 4.74 Å². The van der Waals surface area contributed by atoms with Gasteiger partial charge in [-0.3, -0.25) is 0 Å². The molecular formula is C10H22O2. The molecule has 0 bridgehead atoms. The van der Waals surface area contributed by atoms with Crippen molar-refractivity contribution in [1.29, 1.82) is 0 Å². The summed E-state index contributed by atoms with van der Waals surface area (Å²) in [7, 11) is 3.25. The predicted molar refractivity (Wildman–Crippen MR) is 53.3 cm³/mol. The van der Waals surface area contributed by atoms with Gasteiger partial charge in [0.1, 0.15) is 0 Å². The molecule has 0 fully saturated rings. The molecule has 0 saturated heterocycles. The van der Waals surface area contributed by atoms with Crippen molar-refractivity contribution in [3.05, 3.63) is 12.7 Å². The molecule has 0 unspecified atom stereocenters. The van der Waals surface area contributed by atoms with E-state index in [-0.39, 0.29) is 0 Å². The number of unbranched alkanes of at least 4 members (excludes halogenated alkanes) is 4. The number of hydrogen-bond acceptors (Lipinski definition) is 2. The Balaban J connectivity index is 0. The molecule has 0 spiro atoms. The Labute approximate surface area is 76.2 Å². The molecule has 0 heterocycles. The quantitative estimate of drug-likeness (QED) is 0.495. The summed E-state index contributed by atoms with van der Waals surface area (Å²) in [4.78, 5) is 0. The second-order valence-corrected chi connectivity index (χ2v) is 2.62. The predicted octanol–water partition coefficient (Wildman–Crippen LogP) is 2.38. The number of rotatable bonds is 6. The van der Waals surface area contributed by atoms with E-state index in [0.717, 1.165) is 19.3 Å². The van der Waals surface area contributed by atoms with Crippen molar-refractivity contribution >= 4 is 0 Å². The van der Waals surface area contributed by atoms with Crippen LogP contribution in [0.2, 0.25) is 0 Å². The minimum Gasteiger partial charge on any atom is -0.396 e. The molecule has 0 aliphatic carbocycles. The topological polar surface area (TPSA) is 29.5 Å². The van der Waals surface area contributed by atoms with E-state index in [0.29, 0.717) is 6.61 Å². The van der Waals surface area contributed by atoms with Gasteiger partial charge in [0.25, 0.3) is 0 Å². The number of methoxy groups -OCH3 is 1. The molecule has 0 saturated carbocycles. The van der Waals surface area contributed by atoms with Crippen molar-refractivity contribution in [3.8, 4) is 0 Å². The van der Waals surface area contributed by atoms with E-state index in [2.05, 4.69) is 11.3 Å². The SMILES string of the molecule is C=CCCCCCCO.COC. The first-order valence-electron chi connectivity index (χ1n) is 4.45. The Kier molecular flexibility index (Phi) is 20.1. The molecule has 74 valence electrons. The van der Waals surface area contributed by atoms with Crippen LogP contribution in [0.25, 0.3) is 0 Å². The van der Waals surface area contributed by atoms with Crippen LogP contribution in [0.5, 0.6) is 0 Å². The average Bonchev–Trinajstić information content (AvgIpc) is 2.06. The lowest BCUT2D eigenvalue weighted by molar-refractivity contribution is 0.277. The minimum absolute atomic E-state index is 0.341. The summed E-state index contributed by atoms with van der Waals surface area (Å²) in [6, 6.07) is 0. The van der Waals surface area contributed by atoms with Gasteiger partial charge in [0, 0.05) is 20.8 Å². The van der Waals surface area contributed by atoms with Crippen molar-refractivity contribution < 1.29 is 9.84 Å². The summed E-state index contributed by atoms with van der Waals surface area (Å²) in [5.74, 6) is 0. The number of aliphatic hydroxyl groups is 1. The first-order chi connectivity index (χ1) is 5.83. The summed E-state index contributed by atoms with van der Waals surface area (Å²) in [6.45, 7) is 3.97. The van der Waals surface area contributed by atoms with Gasteiger partial charge < -0.3 is 9.84 Å². The highest BCUT2D eigenvalue weighted by molar-refractivity contribution is 4.65. The maximum absolute atomic E-state index is 8.40. The molecule has 0 amide bonds. The highest BCUT2D eigenvalue weighted by atomic mass is 16.4. The zero-order valence-electron chi connectivity index (χ0n) is 8.38. The second kappa shape index (κ2) is 17.0. The molecule has 1 N–H and O–H groups in total. The summed E-state index contributed by atoms with van der Waals surface area (Å²) in [6.07, 6.45) is 7.63. The van der Waals surface area contributed by atoms with Crippen LogP contribution in [0.4, 0.5) is 0 Å². The minimum atomic E-state index is 0.341. The first kappa shape index (κ1) is 14.2. The fourth-order valence-corrected chi connectivity index (χ4v) is 0.754. The van der Waals surface area contributed by atoms with Gasteiger partial charge in [-0.15, -0.1) is 6.58 Å². The Morgan fingerprint density at radius 1 is 1.17 bits per heavy atom. The molecule has 12 heavy (non-hydrogen) atoms. The molecule has 0 rings (SSSR count). The van der Waals surface area contributed by atoms with E-state index in [1.54, 1.807) is 14.2 Å². The van der Waals surface area contributed by atoms with Crippen molar-refractivity contribution in [3.63, 3.8) is 0 Å². The van der Waals surface area contributed by atoms with Crippen LogP contribution in [0.1, 0.15) is 32.1 Å². The third kappa shape index (κ3) is 22.6. The van der Waals surface area contributed by atoms with Crippen LogP contribution >= 0.6 is 0 Å². The molecule has 0 atom stereocenters. The van der Waals surface area contributed by atoms with Crippen LogP contribution in [0.15, 0.2) is 12.7 Å². The van der Waals surface area contributed by atoms with Gasteiger partial charge in [0.05, 0.1) is 0 Å². The molecule has 0 radical (unpaired) electrons. The molecule has 2 nitrogen and oxygen atoms in total. The highest BCUT2D eigenvalue weighted by Crippen LogP contribution is 2.01. The lowest BCUT2D eigenvalue weighted by Gasteiger charge is -1.94. The standard InChI is InChI=1S/C8H16O.C2H6O/c1-2-3-4-5-6-7-8-9;1-3-2/h2,9H,1,3-8H2;1-2H3. The summed E-state index contributed by atoms with van der Waals surface area (Å²) < 4.78 is 4.25. The first-order valence-corrected chi connectivity index (χ1v) is 4.45. The van der Waals surface area contributed by atoms with Gasteiger partial charge in [-0.1, -0.05) is 18.9 Å². The van der Waals surface area contributed by atoms with Crippen molar-refractivity contribution in [1.82, 2.24) is 0 Å². The fraction of sp³-hybridized carbons (Fsp3) is 0.800. The maximum Gasteiger partial charge on any atom is 0.0431 e. The van der Waals surface area contributed by atoms with E-state index in [4.69, 9.17) is 5.11 Å². The Bertz CT molecular complexity index is 72.2. The maximum atomic E-state index is 8.40. The second-order valence-electron chi connectivity index (χ2n) is 2.62. The summed E-state index contributed by atoms with van der Waals surface area (Å²) in [5.41, 5.74) is 0. The van der Waals surface area contributed by atoms with Crippen molar-refractivity contribution in [2.75, 3.05) is 20.8 Å². The normalized spacial score (nSPS) is 8.58.